The minimum absolute atomic E-state index is 0.245. The lowest BCUT2D eigenvalue weighted by Gasteiger charge is -2.31. The van der Waals surface area contributed by atoms with Gasteiger partial charge < -0.3 is 4.74 Å². The van der Waals surface area contributed by atoms with Gasteiger partial charge in [-0.05, 0) is 24.1 Å². The maximum Gasteiger partial charge on any atom is 0.124 e. The summed E-state index contributed by atoms with van der Waals surface area (Å²) in [5, 5.41) is 0. The zero-order valence-electron chi connectivity index (χ0n) is 7.89. The fraction of sp³-hybridized carbons (Fsp3) is 0.231. The highest BCUT2D eigenvalue weighted by molar-refractivity contribution is 5.38. The van der Waals surface area contributed by atoms with E-state index >= 15 is 0 Å². The van der Waals surface area contributed by atoms with Crippen LogP contribution in [0.4, 0.5) is 0 Å². The Morgan fingerprint density at radius 1 is 1.07 bits per heavy atom. The number of para-hydroxylation sites is 1. The van der Waals surface area contributed by atoms with Gasteiger partial charge in [-0.2, -0.15) is 0 Å². The number of ether oxygens (including phenoxy) is 1. The third-order valence-corrected chi connectivity index (χ3v) is 2.88. The number of rotatable bonds is 0. The normalized spacial score (nSPS) is 27.7. The molecule has 0 amide bonds. The van der Waals surface area contributed by atoms with Crippen molar-refractivity contribution < 1.29 is 4.74 Å². The van der Waals surface area contributed by atoms with E-state index in [1.165, 1.54) is 5.56 Å². The van der Waals surface area contributed by atoms with Crippen molar-refractivity contribution in [2.24, 2.45) is 5.92 Å². The maximum absolute atomic E-state index is 5.90. The van der Waals surface area contributed by atoms with Gasteiger partial charge in [0.2, 0.25) is 0 Å². The summed E-state index contributed by atoms with van der Waals surface area (Å²) >= 11 is 0. The minimum atomic E-state index is 0.245. The van der Waals surface area contributed by atoms with Crippen LogP contribution in [0.1, 0.15) is 5.56 Å². The van der Waals surface area contributed by atoms with Gasteiger partial charge in [0.05, 0.1) is 0 Å². The molecular weight excluding hydrogens is 172 g/mol. The van der Waals surface area contributed by atoms with E-state index < -0.39 is 0 Å². The Hall–Kier alpha value is -1.50. The van der Waals surface area contributed by atoms with E-state index in [1.54, 1.807) is 0 Å². The van der Waals surface area contributed by atoms with Crippen LogP contribution in [-0.2, 0) is 6.42 Å². The summed E-state index contributed by atoms with van der Waals surface area (Å²) in [5.41, 5.74) is 1.33. The molecule has 1 aliphatic carbocycles. The fourth-order valence-corrected chi connectivity index (χ4v) is 2.13. The second-order valence-corrected chi connectivity index (χ2v) is 3.83. The molecule has 3 rings (SSSR count). The summed E-state index contributed by atoms with van der Waals surface area (Å²) in [7, 11) is 0. The SMILES string of the molecule is C1=CC2Cc3ccccc3OC2C=C1. The first-order chi connectivity index (χ1) is 6.93. The molecule has 14 heavy (non-hydrogen) atoms. The summed E-state index contributed by atoms with van der Waals surface area (Å²) < 4.78 is 5.90. The predicted molar refractivity (Wildman–Crippen MR) is 56.3 cm³/mol. The van der Waals surface area contributed by atoms with Gasteiger partial charge in [-0.3, -0.25) is 0 Å². The molecule has 1 aliphatic heterocycles. The van der Waals surface area contributed by atoms with E-state index in [0.29, 0.717) is 5.92 Å². The molecule has 0 spiro atoms. The largest absolute Gasteiger partial charge is 0.485 e. The molecule has 0 saturated carbocycles. The molecule has 1 heterocycles. The lowest BCUT2D eigenvalue weighted by molar-refractivity contribution is 0.178. The highest BCUT2D eigenvalue weighted by atomic mass is 16.5. The first-order valence-electron chi connectivity index (χ1n) is 5.03. The standard InChI is InChI=1S/C13H12O/c1-3-7-12-10(5-1)9-11-6-2-4-8-13(11)14-12/h1-8,10,12H,9H2. The molecule has 2 aliphatic rings. The Morgan fingerprint density at radius 3 is 2.93 bits per heavy atom. The molecule has 0 radical (unpaired) electrons. The van der Waals surface area contributed by atoms with Gasteiger partial charge in [-0.25, -0.2) is 0 Å². The lowest BCUT2D eigenvalue weighted by atomic mass is 9.88. The van der Waals surface area contributed by atoms with Gasteiger partial charge in [0, 0.05) is 5.92 Å². The smallest absolute Gasteiger partial charge is 0.124 e. The molecule has 0 fully saturated rings. The van der Waals surface area contributed by atoms with E-state index in [4.69, 9.17) is 4.74 Å². The second-order valence-electron chi connectivity index (χ2n) is 3.83. The molecule has 1 heteroatoms. The van der Waals surface area contributed by atoms with E-state index in [1.807, 2.05) is 6.07 Å². The highest BCUT2D eigenvalue weighted by Gasteiger charge is 2.26. The Labute approximate surface area is 83.7 Å². The van der Waals surface area contributed by atoms with Crippen molar-refractivity contribution in [1.29, 1.82) is 0 Å². The Balaban J connectivity index is 2.00. The second kappa shape index (κ2) is 3.02. The van der Waals surface area contributed by atoms with Crippen molar-refractivity contribution >= 4 is 0 Å². The zero-order valence-corrected chi connectivity index (χ0v) is 7.89. The zero-order chi connectivity index (χ0) is 9.38. The number of benzene rings is 1. The van der Waals surface area contributed by atoms with Crippen molar-refractivity contribution in [2.75, 3.05) is 0 Å². The van der Waals surface area contributed by atoms with Crippen LogP contribution in [0.25, 0.3) is 0 Å². The van der Waals surface area contributed by atoms with Crippen LogP contribution in [0.3, 0.4) is 0 Å². The van der Waals surface area contributed by atoms with E-state index in [9.17, 15) is 0 Å². The monoisotopic (exact) mass is 184 g/mol. The van der Waals surface area contributed by atoms with Crippen molar-refractivity contribution in [3.8, 4) is 5.75 Å². The number of hydrogen-bond donors (Lipinski definition) is 0. The van der Waals surface area contributed by atoms with Crippen molar-refractivity contribution in [1.82, 2.24) is 0 Å². The van der Waals surface area contributed by atoms with Gasteiger partial charge in [-0.1, -0.05) is 36.4 Å². The van der Waals surface area contributed by atoms with Gasteiger partial charge in [-0.15, -0.1) is 0 Å². The Morgan fingerprint density at radius 2 is 1.93 bits per heavy atom. The van der Waals surface area contributed by atoms with Crippen LogP contribution < -0.4 is 4.74 Å². The minimum Gasteiger partial charge on any atom is -0.485 e. The van der Waals surface area contributed by atoms with Crippen molar-refractivity contribution in [3.05, 3.63) is 54.1 Å². The van der Waals surface area contributed by atoms with E-state index in [-0.39, 0.29) is 6.10 Å². The van der Waals surface area contributed by atoms with Crippen LogP contribution in [0.5, 0.6) is 5.75 Å². The van der Waals surface area contributed by atoms with E-state index in [2.05, 4.69) is 42.5 Å². The molecule has 0 bridgehead atoms. The number of fused-ring (bicyclic) bond motifs is 2. The molecule has 1 aromatic rings. The average Bonchev–Trinajstić information content (AvgIpc) is 2.26. The molecule has 0 saturated heterocycles. The first-order valence-corrected chi connectivity index (χ1v) is 5.03. The van der Waals surface area contributed by atoms with E-state index in [0.717, 1.165) is 12.2 Å². The molecule has 2 unspecified atom stereocenters. The summed E-state index contributed by atoms with van der Waals surface area (Å²) in [6, 6.07) is 8.31. The molecule has 1 aromatic carbocycles. The summed E-state index contributed by atoms with van der Waals surface area (Å²) in [6.07, 6.45) is 9.89. The summed E-state index contributed by atoms with van der Waals surface area (Å²) in [5.74, 6) is 1.57. The quantitative estimate of drug-likeness (QED) is 0.602. The van der Waals surface area contributed by atoms with Crippen molar-refractivity contribution in [3.63, 3.8) is 0 Å². The van der Waals surface area contributed by atoms with Crippen LogP contribution in [0, 0.1) is 5.92 Å². The summed E-state index contributed by atoms with van der Waals surface area (Å²) in [4.78, 5) is 0. The predicted octanol–water partition coefficient (Wildman–Crippen LogP) is 2.73. The van der Waals surface area contributed by atoms with Gasteiger partial charge in [0.1, 0.15) is 11.9 Å². The molecule has 70 valence electrons. The lowest BCUT2D eigenvalue weighted by Crippen LogP contribution is -2.30. The van der Waals surface area contributed by atoms with Crippen molar-refractivity contribution in [2.45, 2.75) is 12.5 Å². The highest BCUT2D eigenvalue weighted by Crippen LogP contribution is 2.32. The average molecular weight is 184 g/mol. The molecule has 0 aromatic heterocycles. The molecule has 2 atom stereocenters. The Bertz CT molecular complexity index is 364. The molecule has 0 N–H and O–H groups in total. The van der Waals surface area contributed by atoms with Gasteiger partial charge in [0.15, 0.2) is 0 Å². The summed E-state index contributed by atoms with van der Waals surface area (Å²) in [6.45, 7) is 0. The Kier molecular flexibility index (Phi) is 1.69. The number of hydrogen-bond acceptors (Lipinski definition) is 1. The topological polar surface area (TPSA) is 9.23 Å². The number of allylic oxidation sites excluding steroid dienone is 2. The van der Waals surface area contributed by atoms with Crippen LogP contribution >= 0.6 is 0 Å². The maximum atomic E-state index is 5.90. The van der Waals surface area contributed by atoms with Gasteiger partial charge in [0.25, 0.3) is 0 Å². The molecular formula is C13H12O. The molecule has 1 nitrogen and oxygen atoms in total. The van der Waals surface area contributed by atoms with Gasteiger partial charge >= 0.3 is 0 Å². The van der Waals surface area contributed by atoms with Crippen LogP contribution in [0.15, 0.2) is 48.6 Å². The fourth-order valence-electron chi connectivity index (χ4n) is 2.13. The third-order valence-electron chi connectivity index (χ3n) is 2.88. The first kappa shape index (κ1) is 7.86. The third kappa shape index (κ3) is 1.17. The van der Waals surface area contributed by atoms with Crippen LogP contribution in [0.2, 0.25) is 0 Å². The van der Waals surface area contributed by atoms with Crippen LogP contribution in [-0.4, -0.2) is 6.10 Å².